The molecule has 0 aliphatic rings. The van der Waals surface area contributed by atoms with Gasteiger partial charge in [0, 0.05) is 29.2 Å². The zero-order valence-corrected chi connectivity index (χ0v) is 15.0. The van der Waals surface area contributed by atoms with Crippen molar-refractivity contribution in [1.29, 1.82) is 0 Å². The van der Waals surface area contributed by atoms with Crippen LogP contribution in [0.5, 0.6) is 0 Å². The number of aromatic nitrogens is 1. The summed E-state index contributed by atoms with van der Waals surface area (Å²) in [5.41, 5.74) is 2.07. The normalized spacial score (nSPS) is 10.4. The van der Waals surface area contributed by atoms with E-state index in [9.17, 15) is 18.4 Å². The molecule has 3 rings (SSSR count). The first-order valence-corrected chi connectivity index (χ1v) is 8.59. The number of hydrogen-bond acceptors (Lipinski definition) is 3. The standard InChI is InChI=1S/C21H17F2N3O2/c1-2-13-3-5-15(6-4-13)25-20(27)14-9-10-24-19(11-14)21(28)26-16-7-8-17(22)18(23)12-16/h3-12H,2H2,1H3,(H,25,27)(H,26,28). The average Bonchev–Trinajstić information content (AvgIpc) is 2.71. The number of nitrogens with one attached hydrogen (secondary N) is 2. The van der Waals surface area contributed by atoms with Crippen molar-refractivity contribution >= 4 is 23.2 Å². The maximum Gasteiger partial charge on any atom is 0.274 e. The third-order valence-electron chi connectivity index (χ3n) is 4.05. The Morgan fingerprint density at radius 2 is 1.54 bits per heavy atom. The van der Waals surface area contributed by atoms with Gasteiger partial charge in [0.1, 0.15) is 5.69 Å². The molecule has 0 fully saturated rings. The molecule has 0 aliphatic carbocycles. The van der Waals surface area contributed by atoms with E-state index in [1.54, 1.807) is 12.1 Å². The summed E-state index contributed by atoms with van der Waals surface area (Å²) in [6.45, 7) is 2.04. The fraction of sp³-hybridized carbons (Fsp3) is 0.0952. The van der Waals surface area contributed by atoms with Crippen molar-refractivity contribution in [1.82, 2.24) is 4.98 Å². The van der Waals surface area contributed by atoms with Crippen LogP contribution >= 0.6 is 0 Å². The van der Waals surface area contributed by atoms with Crippen LogP contribution in [0.25, 0.3) is 0 Å². The maximum absolute atomic E-state index is 13.3. The van der Waals surface area contributed by atoms with Crippen molar-refractivity contribution in [2.75, 3.05) is 10.6 Å². The van der Waals surface area contributed by atoms with E-state index in [-0.39, 0.29) is 16.9 Å². The number of aryl methyl sites for hydroxylation is 1. The minimum absolute atomic E-state index is 0.0290. The number of carbonyl (C=O) groups is 2. The Morgan fingerprint density at radius 1 is 0.857 bits per heavy atom. The summed E-state index contributed by atoms with van der Waals surface area (Å²) in [5.74, 6) is -3.13. The van der Waals surface area contributed by atoms with Crippen LogP contribution < -0.4 is 10.6 Å². The lowest BCUT2D eigenvalue weighted by molar-refractivity contribution is 0.102. The minimum atomic E-state index is -1.08. The Hall–Kier alpha value is -3.61. The van der Waals surface area contributed by atoms with Gasteiger partial charge < -0.3 is 10.6 Å². The summed E-state index contributed by atoms with van der Waals surface area (Å²) in [6.07, 6.45) is 2.23. The smallest absolute Gasteiger partial charge is 0.274 e. The third kappa shape index (κ3) is 4.56. The molecule has 0 bridgehead atoms. The van der Waals surface area contributed by atoms with E-state index in [1.807, 2.05) is 19.1 Å². The summed E-state index contributed by atoms with van der Waals surface area (Å²) in [4.78, 5) is 28.6. The first-order chi connectivity index (χ1) is 13.5. The monoisotopic (exact) mass is 381 g/mol. The Morgan fingerprint density at radius 3 is 2.21 bits per heavy atom. The zero-order valence-electron chi connectivity index (χ0n) is 15.0. The second-order valence-corrected chi connectivity index (χ2v) is 6.02. The number of nitrogens with zero attached hydrogens (tertiary/aromatic N) is 1. The third-order valence-corrected chi connectivity index (χ3v) is 4.05. The van der Waals surface area contributed by atoms with E-state index in [4.69, 9.17) is 0 Å². The molecule has 2 aromatic carbocycles. The van der Waals surface area contributed by atoms with Gasteiger partial charge in [-0.15, -0.1) is 0 Å². The molecule has 0 saturated carbocycles. The first-order valence-electron chi connectivity index (χ1n) is 8.59. The number of rotatable bonds is 5. The SMILES string of the molecule is CCc1ccc(NC(=O)c2ccnc(C(=O)Nc3ccc(F)c(F)c3)c2)cc1. The highest BCUT2D eigenvalue weighted by molar-refractivity contribution is 6.07. The molecule has 0 atom stereocenters. The van der Waals surface area contributed by atoms with E-state index >= 15 is 0 Å². The van der Waals surface area contributed by atoms with E-state index < -0.39 is 23.4 Å². The molecule has 7 heteroatoms. The molecule has 0 spiro atoms. The van der Waals surface area contributed by atoms with Crippen molar-refractivity contribution < 1.29 is 18.4 Å². The lowest BCUT2D eigenvalue weighted by Gasteiger charge is -2.08. The summed E-state index contributed by atoms with van der Waals surface area (Å²) in [7, 11) is 0. The lowest BCUT2D eigenvalue weighted by Crippen LogP contribution is -2.17. The molecule has 0 saturated heterocycles. The Labute approximate surface area is 160 Å². The summed E-state index contributed by atoms with van der Waals surface area (Å²) < 4.78 is 26.2. The summed E-state index contributed by atoms with van der Waals surface area (Å²) in [6, 6.07) is 13.2. The zero-order chi connectivity index (χ0) is 20.1. The summed E-state index contributed by atoms with van der Waals surface area (Å²) in [5, 5.41) is 5.16. The second kappa shape index (κ2) is 8.39. The fourth-order valence-corrected chi connectivity index (χ4v) is 2.49. The minimum Gasteiger partial charge on any atom is -0.322 e. The van der Waals surface area contributed by atoms with Crippen LogP contribution in [0.1, 0.15) is 33.3 Å². The van der Waals surface area contributed by atoms with Crippen LogP contribution in [0, 0.1) is 11.6 Å². The maximum atomic E-state index is 13.3. The predicted molar refractivity (Wildman–Crippen MR) is 102 cm³/mol. The van der Waals surface area contributed by atoms with E-state index in [1.165, 1.54) is 24.4 Å². The van der Waals surface area contributed by atoms with Crippen LogP contribution in [-0.2, 0) is 6.42 Å². The van der Waals surface area contributed by atoms with Gasteiger partial charge in [-0.1, -0.05) is 19.1 Å². The van der Waals surface area contributed by atoms with Crippen LogP contribution in [-0.4, -0.2) is 16.8 Å². The topological polar surface area (TPSA) is 71.1 Å². The highest BCUT2D eigenvalue weighted by Gasteiger charge is 2.13. The first kappa shape index (κ1) is 19.2. The molecule has 1 heterocycles. The van der Waals surface area contributed by atoms with Gasteiger partial charge in [-0.25, -0.2) is 8.78 Å². The van der Waals surface area contributed by atoms with Gasteiger partial charge in [-0.2, -0.15) is 0 Å². The van der Waals surface area contributed by atoms with Crippen molar-refractivity contribution in [2.24, 2.45) is 0 Å². The molecule has 0 aliphatic heterocycles. The van der Waals surface area contributed by atoms with Crippen LogP contribution in [0.3, 0.4) is 0 Å². The largest absolute Gasteiger partial charge is 0.322 e. The number of amides is 2. The molecule has 2 amide bonds. The van der Waals surface area contributed by atoms with Crippen molar-refractivity contribution in [3.05, 3.63) is 89.2 Å². The molecular formula is C21H17F2N3O2. The molecule has 5 nitrogen and oxygen atoms in total. The lowest BCUT2D eigenvalue weighted by atomic mass is 10.1. The van der Waals surface area contributed by atoms with Gasteiger partial charge in [-0.3, -0.25) is 14.6 Å². The van der Waals surface area contributed by atoms with Gasteiger partial charge >= 0.3 is 0 Å². The van der Waals surface area contributed by atoms with Crippen LogP contribution in [0.2, 0.25) is 0 Å². The molecule has 0 radical (unpaired) electrons. The van der Waals surface area contributed by atoms with Gasteiger partial charge in [0.25, 0.3) is 11.8 Å². The quantitative estimate of drug-likeness (QED) is 0.687. The Balaban J connectivity index is 1.72. The van der Waals surface area contributed by atoms with Crippen LogP contribution in [0.15, 0.2) is 60.8 Å². The predicted octanol–water partition coefficient (Wildman–Crippen LogP) is 4.43. The second-order valence-electron chi connectivity index (χ2n) is 6.02. The molecule has 3 aromatic rings. The van der Waals surface area contributed by atoms with Gasteiger partial charge in [0.15, 0.2) is 11.6 Å². The van der Waals surface area contributed by atoms with E-state index in [0.29, 0.717) is 5.69 Å². The number of hydrogen-bond donors (Lipinski definition) is 2. The van der Waals surface area contributed by atoms with Crippen LogP contribution in [0.4, 0.5) is 20.2 Å². The van der Waals surface area contributed by atoms with Gasteiger partial charge in [-0.05, 0) is 48.4 Å². The molecule has 28 heavy (non-hydrogen) atoms. The molecule has 142 valence electrons. The molecule has 0 unspecified atom stereocenters. The van der Waals surface area contributed by atoms with E-state index in [2.05, 4.69) is 15.6 Å². The number of carbonyl (C=O) groups excluding carboxylic acids is 2. The number of anilines is 2. The fourth-order valence-electron chi connectivity index (χ4n) is 2.49. The van der Waals surface area contributed by atoms with Crippen molar-refractivity contribution in [2.45, 2.75) is 13.3 Å². The molecule has 1 aromatic heterocycles. The Bertz CT molecular complexity index is 1020. The average molecular weight is 381 g/mol. The Kier molecular flexibility index (Phi) is 5.74. The number of halogens is 2. The van der Waals surface area contributed by atoms with Crippen molar-refractivity contribution in [3.63, 3.8) is 0 Å². The number of benzene rings is 2. The highest BCUT2D eigenvalue weighted by atomic mass is 19.2. The van der Waals surface area contributed by atoms with Crippen molar-refractivity contribution in [3.8, 4) is 0 Å². The summed E-state index contributed by atoms with van der Waals surface area (Å²) >= 11 is 0. The van der Waals surface area contributed by atoms with Gasteiger partial charge in [0.2, 0.25) is 0 Å². The van der Waals surface area contributed by atoms with E-state index in [0.717, 1.165) is 24.1 Å². The number of pyridine rings is 1. The highest BCUT2D eigenvalue weighted by Crippen LogP contribution is 2.15. The van der Waals surface area contributed by atoms with Gasteiger partial charge in [0.05, 0.1) is 0 Å². The molecular weight excluding hydrogens is 364 g/mol. The molecule has 2 N–H and O–H groups in total.